The molecule has 7 heteroatoms. The van der Waals surface area contributed by atoms with Crippen molar-refractivity contribution < 1.29 is 9.47 Å². The van der Waals surface area contributed by atoms with Gasteiger partial charge in [-0.3, -0.25) is 0 Å². The quantitative estimate of drug-likeness (QED) is 0.374. The minimum absolute atomic E-state index is 0.295. The van der Waals surface area contributed by atoms with Gasteiger partial charge >= 0.3 is 0 Å². The Balaban J connectivity index is 1.39. The average Bonchev–Trinajstić information content (AvgIpc) is 3.41. The summed E-state index contributed by atoms with van der Waals surface area (Å²) in [5.41, 5.74) is 2.12. The van der Waals surface area contributed by atoms with Crippen LogP contribution < -0.4 is 10.6 Å². The molecule has 1 aromatic carbocycles. The number of nitrogens with one attached hydrogen (secondary N) is 2. The molecule has 0 aliphatic carbocycles. The zero-order chi connectivity index (χ0) is 19.4. The van der Waals surface area contributed by atoms with Crippen LogP contribution in [0, 0.1) is 0 Å². The van der Waals surface area contributed by atoms with E-state index in [2.05, 4.69) is 27.6 Å². The lowest BCUT2D eigenvalue weighted by atomic mass is 10.2. The van der Waals surface area contributed by atoms with Gasteiger partial charge in [0.1, 0.15) is 0 Å². The van der Waals surface area contributed by atoms with Gasteiger partial charge < -0.3 is 20.1 Å². The van der Waals surface area contributed by atoms with E-state index in [9.17, 15) is 0 Å². The Kier molecular flexibility index (Phi) is 8.33. The fraction of sp³-hybridized carbons (Fsp3) is 0.524. The van der Waals surface area contributed by atoms with Crippen molar-refractivity contribution in [2.24, 2.45) is 4.99 Å². The number of hydrogen-bond donors (Lipinski definition) is 2. The highest BCUT2D eigenvalue weighted by Crippen LogP contribution is 2.12. The van der Waals surface area contributed by atoms with E-state index in [-0.39, 0.29) is 0 Å². The van der Waals surface area contributed by atoms with Crippen molar-refractivity contribution in [1.82, 2.24) is 20.4 Å². The lowest BCUT2D eigenvalue weighted by Crippen LogP contribution is -2.38. The van der Waals surface area contributed by atoms with Gasteiger partial charge in [-0.05, 0) is 38.3 Å². The highest BCUT2D eigenvalue weighted by atomic mass is 16.5. The van der Waals surface area contributed by atoms with Crippen LogP contribution in [0.5, 0.6) is 0 Å². The number of rotatable bonds is 10. The summed E-state index contributed by atoms with van der Waals surface area (Å²) in [7, 11) is 0. The molecule has 2 aromatic rings. The van der Waals surface area contributed by atoms with E-state index in [0.29, 0.717) is 19.3 Å². The first-order valence-electron chi connectivity index (χ1n) is 10.2. The maximum absolute atomic E-state index is 5.70. The zero-order valence-electron chi connectivity index (χ0n) is 16.6. The van der Waals surface area contributed by atoms with Crippen LogP contribution in [0.3, 0.4) is 0 Å². The Morgan fingerprint density at radius 1 is 1.32 bits per heavy atom. The summed E-state index contributed by atoms with van der Waals surface area (Å²) in [4.78, 5) is 4.65. The Morgan fingerprint density at radius 3 is 3.00 bits per heavy atom. The van der Waals surface area contributed by atoms with Crippen molar-refractivity contribution in [2.45, 2.75) is 38.8 Å². The second-order valence-corrected chi connectivity index (χ2v) is 6.81. The third-order valence-corrected chi connectivity index (χ3v) is 4.51. The Labute approximate surface area is 167 Å². The molecule has 1 fully saturated rings. The number of guanidine groups is 1. The third kappa shape index (κ3) is 6.65. The molecule has 1 saturated heterocycles. The molecule has 0 bridgehead atoms. The van der Waals surface area contributed by atoms with Crippen molar-refractivity contribution in [3.63, 3.8) is 0 Å². The van der Waals surface area contributed by atoms with Crippen molar-refractivity contribution in [1.29, 1.82) is 0 Å². The SMILES string of the molecule is CCNC(=NCc1cnn(-c2ccccc2)c1)NCCCOCC1CCCO1. The summed E-state index contributed by atoms with van der Waals surface area (Å²) in [5.74, 6) is 0.814. The maximum Gasteiger partial charge on any atom is 0.191 e. The molecule has 2 heterocycles. The first-order valence-corrected chi connectivity index (χ1v) is 10.2. The van der Waals surface area contributed by atoms with Gasteiger partial charge in [-0.25, -0.2) is 9.67 Å². The molecule has 3 rings (SSSR count). The van der Waals surface area contributed by atoms with Gasteiger partial charge in [0, 0.05) is 38.1 Å². The highest BCUT2D eigenvalue weighted by Gasteiger charge is 2.14. The molecule has 1 aromatic heterocycles. The van der Waals surface area contributed by atoms with Gasteiger partial charge in [-0.15, -0.1) is 0 Å². The summed E-state index contributed by atoms with van der Waals surface area (Å²) < 4.78 is 13.1. The van der Waals surface area contributed by atoms with Crippen LogP contribution in [-0.4, -0.2) is 54.8 Å². The van der Waals surface area contributed by atoms with E-state index in [4.69, 9.17) is 9.47 Å². The second kappa shape index (κ2) is 11.5. The molecule has 152 valence electrons. The van der Waals surface area contributed by atoms with Gasteiger partial charge in [0.25, 0.3) is 0 Å². The van der Waals surface area contributed by atoms with E-state index < -0.39 is 0 Å². The first-order chi connectivity index (χ1) is 13.8. The molecule has 1 aliphatic heterocycles. The third-order valence-electron chi connectivity index (χ3n) is 4.51. The van der Waals surface area contributed by atoms with Crippen LogP contribution in [0.2, 0.25) is 0 Å². The average molecular weight is 386 g/mol. The molecule has 1 unspecified atom stereocenters. The number of aromatic nitrogens is 2. The van der Waals surface area contributed by atoms with E-state index in [1.165, 1.54) is 0 Å². The van der Waals surface area contributed by atoms with E-state index >= 15 is 0 Å². The summed E-state index contributed by atoms with van der Waals surface area (Å²) in [6, 6.07) is 10.1. The van der Waals surface area contributed by atoms with Crippen LogP contribution in [-0.2, 0) is 16.0 Å². The monoisotopic (exact) mass is 385 g/mol. The number of ether oxygens (including phenoxy) is 2. The molecule has 2 N–H and O–H groups in total. The molecular formula is C21H31N5O2. The zero-order valence-corrected chi connectivity index (χ0v) is 16.6. The van der Waals surface area contributed by atoms with Gasteiger partial charge in [-0.2, -0.15) is 5.10 Å². The van der Waals surface area contributed by atoms with Crippen LogP contribution in [0.4, 0.5) is 0 Å². The molecule has 7 nitrogen and oxygen atoms in total. The smallest absolute Gasteiger partial charge is 0.191 e. The second-order valence-electron chi connectivity index (χ2n) is 6.81. The van der Waals surface area contributed by atoms with E-state index in [0.717, 1.165) is 62.8 Å². The fourth-order valence-corrected chi connectivity index (χ4v) is 3.05. The Hall–Kier alpha value is -2.38. The van der Waals surface area contributed by atoms with Crippen LogP contribution in [0.1, 0.15) is 31.7 Å². The van der Waals surface area contributed by atoms with Crippen LogP contribution >= 0.6 is 0 Å². The van der Waals surface area contributed by atoms with Crippen molar-refractivity contribution in [3.05, 3.63) is 48.3 Å². The largest absolute Gasteiger partial charge is 0.379 e. The Bertz CT molecular complexity index is 711. The van der Waals surface area contributed by atoms with Crippen LogP contribution in [0.15, 0.2) is 47.7 Å². The van der Waals surface area contributed by atoms with Gasteiger partial charge in [0.05, 0.1) is 31.1 Å². The molecule has 1 aliphatic rings. The summed E-state index contributed by atoms with van der Waals surface area (Å²) in [6.07, 6.45) is 7.38. The minimum atomic E-state index is 0.295. The standard InChI is InChI=1S/C21H31N5O2/c1-2-22-21(23-11-7-12-27-17-20-10-6-13-28-20)24-14-18-15-25-26(16-18)19-8-4-3-5-9-19/h3-5,8-9,15-16,20H,2,6-7,10-14,17H2,1H3,(H2,22,23,24). The lowest BCUT2D eigenvalue weighted by molar-refractivity contribution is 0.0168. The van der Waals surface area contributed by atoms with Gasteiger partial charge in [-0.1, -0.05) is 18.2 Å². The van der Waals surface area contributed by atoms with Crippen molar-refractivity contribution >= 4 is 5.96 Å². The maximum atomic E-state index is 5.70. The predicted octanol–water partition coefficient (Wildman–Crippen LogP) is 2.51. The molecule has 0 spiro atoms. The first kappa shape index (κ1) is 20.4. The Morgan fingerprint density at radius 2 is 2.21 bits per heavy atom. The van der Waals surface area contributed by atoms with E-state index in [1.807, 2.05) is 47.4 Å². The summed E-state index contributed by atoms with van der Waals surface area (Å²) in [6.45, 7) is 6.61. The normalized spacial score (nSPS) is 17.0. The minimum Gasteiger partial charge on any atom is -0.379 e. The number of nitrogens with zero attached hydrogens (tertiary/aromatic N) is 3. The van der Waals surface area contributed by atoms with Gasteiger partial charge in [0.2, 0.25) is 0 Å². The summed E-state index contributed by atoms with van der Waals surface area (Å²) >= 11 is 0. The molecule has 0 saturated carbocycles. The number of aliphatic imine (C=N–C) groups is 1. The number of hydrogen-bond acceptors (Lipinski definition) is 4. The predicted molar refractivity (Wildman–Crippen MR) is 111 cm³/mol. The number of para-hydroxylation sites is 1. The lowest BCUT2D eigenvalue weighted by Gasteiger charge is -2.12. The van der Waals surface area contributed by atoms with Crippen LogP contribution in [0.25, 0.3) is 5.69 Å². The summed E-state index contributed by atoms with van der Waals surface area (Å²) in [5, 5.41) is 11.1. The molecule has 1 atom stereocenters. The van der Waals surface area contributed by atoms with Gasteiger partial charge in [0.15, 0.2) is 5.96 Å². The van der Waals surface area contributed by atoms with Crippen molar-refractivity contribution in [2.75, 3.05) is 32.9 Å². The number of benzene rings is 1. The molecular weight excluding hydrogens is 354 g/mol. The molecule has 28 heavy (non-hydrogen) atoms. The van der Waals surface area contributed by atoms with Crippen molar-refractivity contribution in [3.8, 4) is 5.69 Å². The highest BCUT2D eigenvalue weighted by molar-refractivity contribution is 5.79. The molecule has 0 amide bonds. The topological polar surface area (TPSA) is 72.7 Å². The molecule has 0 radical (unpaired) electrons. The van der Waals surface area contributed by atoms with E-state index in [1.54, 1.807) is 0 Å². The fourth-order valence-electron chi connectivity index (χ4n) is 3.05.